The second-order valence-corrected chi connectivity index (χ2v) is 10.9. The van der Waals surface area contributed by atoms with Crippen LogP contribution in [0.25, 0.3) is 0 Å². The molecule has 8 nitrogen and oxygen atoms in total. The van der Waals surface area contributed by atoms with Crippen LogP contribution in [0.5, 0.6) is 11.5 Å². The highest BCUT2D eigenvalue weighted by molar-refractivity contribution is 5.90. The molecule has 1 unspecified atom stereocenters. The first-order chi connectivity index (χ1) is 16.2. The number of fused-ring (bicyclic) bond motifs is 4. The molecule has 5 rings (SSSR count). The molecule has 0 aliphatic carbocycles. The van der Waals surface area contributed by atoms with Crippen molar-refractivity contribution in [3.8, 4) is 11.5 Å². The molecule has 8 heteroatoms. The zero-order valence-corrected chi connectivity index (χ0v) is 20.7. The van der Waals surface area contributed by atoms with E-state index in [1.807, 2.05) is 17.0 Å². The Morgan fingerprint density at radius 1 is 1.24 bits per heavy atom. The first-order valence-electron chi connectivity index (χ1n) is 12.6. The highest BCUT2D eigenvalue weighted by atomic mass is 16.5. The smallest absolute Gasteiger partial charge is 0.245 e. The Balaban J connectivity index is 1.32. The number of likely N-dealkylation sites (tertiary alicyclic amines) is 2. The Labute approximate surface area is 201 Å². The number of amides is 2. The lowest BCUT2D eigenvalue weighted by Crippen LogP contribution is -2.58. The normalized spacial score (nSPS) is 32.7. The van der Waals surface area contributed by atoms with Crippen LogP contribution in [0.3, 0.4) is 0 Å². The Kier molecular flexibility index (Phi) is 6.01. The van der Waals surface area contributed by atoms with Crippen molar-refractivity contribution in [2.24, 2.45) is 17.6 Å². The van der Waals surface area contributed by atoms with Gasteiger partial charge in [0.1, 0.15) is 23.1 Å². The molecule has 0 bridgehead atoms. The third kappa shape index (κ3) is 3.94. The van der Waals surface area contributed by atoms with Crippen LogP contribution in [0.4, 0.5) is 0 Å². The van der Waals surface area contributed by atoms with Crippen molar-refractivity contribution in [3.63, 3.8) is 0 Å². The van der Waals surface area contributed by atoms with E-state index in [4.69, 9.17) is 19.9 Å². The van der Waals surface area contributed by atoms with E-state index >= 15 is 0 Å². The molecule has 3 fully saturated rings. The standard InChI is InChI=1S/C26H37N3O5/c1-15(27)24(30)29-10-5-6-20(29)25(31)28-11-9-21-16(14-28)12-19-23(33-21)18-8-7-17(32-4)13-22(18)34-26(19,2)3/h7-8,13,15-16,19-21,23H,5-6,9-12,14,27H2,1-4H3/t15?,16-,19+,20-,21+,23-/m0/s1. The van der Waals surface area contributed by atoms with Gasteiger partial charge in [-0.3, -0.25) is 9.59 Å². The quantitative estimate of drug-likeness (QED) is 0.728. The number of methoxy groups -OCH3 is 1. The molecule has 6 atom stereocenters. The van der Waals surface area contributed by atoms with Gasteiger partial charge in [-0.2, -0.15) is 0 Å². The fourth-order valence-corrected chi connectivity index (χ4v) is 6.37. The number of ether oxygens (including phenoxy) is 3. The van der Waals surface area contributed by atoms with E-state index in [9.17, 15) is 9.59 Å². The number of benzene rings is 1. The van der Waals surface area contributed by atoms with Crippen LogP contribution in [0.2, 0.25) is 0 Å². The number of carbonyl (C=O) groups excluding carboxylic acids is 2. The maximum absolute atomic E-state index is 13.5. The van der Waals surface area contributed by atoms with E-state index < -0.39 is 11.6 Å². The topological polar surface area (TPSA) is 94.3 Å². The second-order valence-electron chi connectivity index (χ2n) is 10.9. The number of rotatable bonds is 3. The van der Waals surface area contributed by atoms with Gasteiger partial charge in [-0.05, 0) is 58.6 Å². The summed E-state index contributed by atoms with van der Waals surface area (Å²) in [5, 5.41) is 0. The van der Waals surface area contributed by atoms with Crippen LogP contribution in [0.1, 0.15) is 58.1 Å². The highest BCUT2D eigenvalue weighted by Gasteiger charge is 2.52. The summed E-state index contributed by atoms with van der Waals surface area (Å²) < 4.78 is 18.6. The summed E-state index contributed by atoms with van der Waals surface area (Å²) in [4.78, 5) is 29.6. The molecule has 34 heavy (non-hydrogen) atoms. The van der Waals surface area contributed by atoms with E-state index in [1.165, 1.54) is 0 Å². The van der Waals surface area contributed by atoms with Gasteiger partial charge < -0.3 is 29.7 Å². The predicted octanol–water partition coefficient (Wildman–Crippen LogP) is 2.50. The number of piperidine rings is 1. The zero-order chi connectivity index (χ0) is 24.2. The van der Waals surface area contributed by atoms with Crippen molar-refractivity contribution in [3.05, 3.63) is 23.8 Å². The summed E-state index contributed by atoms with van der Waals surface area (Å²) in [6.45, 7) is 7.86. The monoisotopic (exact) mass is 471 g/mol. The van der Waals surface area contributed by atoms with Gasteiger partial charge in [0.2, 0.25) is 11.8 Å². The molecule has 2 N–H and O–H groups in total. The van der Waals surface area contributed by atoms with E-state index in [-0.39, 0.29) is 41.9 Å². The average molecular weight is 472 g/mol. The van der Waals surface area contributed by atoms with Gasteiger partial charge >= 0.3 is 0 Å². The van der Waals surface area contributed by atoms with Crippen molar-refractivity contribution in [1.29, 1.82) is 0 Å². The van der Waals surface area contributed by atoms with Gasteiger partial charge in [0.15, 0.2) is 0 Å². The molecule has 2 amide bonds. The lowest BCUT2D eigenvalue weighted by atomic mass is 9.70. The number of nitrogens with zero attached hydrogens (tertiary/aromatic N) is 2. The molecular formula is C26H37N3O5. The molecule has 1 aromatic rings. The molecule has 4 aliphatic rings. The van der Waals surface area contributed by atoms with Crippen molar-refractivity contribution >= 4 is 11.8 Å². The second kappa shape index (κ2) is 8.72. The van der Waals surface area contributed by atoms with Gasteiger partial charge in [-0.1, -0.05) is 0 Å². The fourth-order valence-electron chi connectivity index (χ4n) is 6.37. The van der Waals surface area contributed by atoms with E-state index in [2.05, 4.69) is 19.9 Å². The molecule has 186 valence electrons. The molecule has 0 saturated carbocycles. The van der Waals surface area contributed by atoms with Gasteiger partial charge in [0, 0.05) is 43.1 Å². The van der Waals surface area contributed by atoms with Gasteiger partial charge in [0.05, 0.1) is 25.4 Å². The van der Waals surface area contributed by atoms with Crippen LogP contribution >= 0.6 is 0 Å². The molecule has 3 saturated heterocycles. The van der Waals surface area contributed by atoms with Gasteiger partial charge in [0.25, 0.3) is 0 Å². The number of hydrogen-bond acceptors (Lipinski definition) is 6. The number of hydrogen-bond donors (Lipinski definition) is 1. The minimum Gasteiger partial charge on any atom is -0.497 e. The van der Waals surface area contributed by atoms with Gasteiger partial charge in [-0.25, -0.2) is 0 Å². The lowest BCUT2D eigenvalue weighted by Gasteiger charge is -2.53. The molecule has 4 heterocycles. The Hall–Kier alpha value is -2.32. The summed E-state index contributed by atoms with van der Waals surface area (Å²) in [6.07, 6.45) is 3.38. The lowest BCUT2D eigenvalue weighted by molar-refractivity contribution is -0.189. The molecule has 1 aromatic carbocycles. The van der Waals surface area contributed by atoms with Crippen molar-refractivity contribution < 1.29 is 23.8 Å². The number of carbonyl (C=O) groups is 2. The van der Waals surface area contributed by atoms with Crippen LogP contribution in [-0.4, -0.2) is 72.1 Å². The summed E-state index contributed by atoms with van der Waals surface area (Å²) in [6, 6.07) is 5.00. The molecule has 4 aliphatic heterocycles. The van der Waals surface area contributed by atoms with E-state index in [1.54, 1.807) is 18.9 Å². The number of nitrogens with two attached hydrogens (primary N) is 1. The Morgan fingerprint density at radius 3 is 2.76 bits per heavy atom. The third-order valence-electron chi connectivity index (χ3n) is 8.22. The van der Waals surface area contributed by atoms with Crippen molar-refractivity contribution in [2.75, 3.05) is 26.7 Å². The summed E-state index contributed by atoms with van der Waals surface area (Å²) in [7, 11) is 1.66. The summed E-state index contributed by atoms with van der Waals surface area (Å²) >= 11 is 0. The maximum atomic E-state index is 13.5. The van der Waals surface area contributed by atoms with E-state index in [0.717, 1.165) is 36.3 Å². The highest BCUT2D eigenvalue weighted by Crippen LogP contribution is 2.53. The first-order valence-corrected chi connectivity index (χ1v) is 12.6. The van der Waals surface area contributed by atoms with Gasteiger partial charge in [-0.15, -0.1) is 0 Å². The first kappa shape index (κ1) is 23.4. The third-order valence-corrected chi connectivity index (χ3v) is 8.22. The predicted molar refractivity (Wildman–Crippen MR) is 126 cm³/mol. The minimum absolute atomic E-state index is 0.0258. The Bertz CT molecular complexity index is 964. The Morgan fingerprint density at radius 2 is 2.03 bits per heavy atom. The zero-order valence-electron chi connectivity index (χ0n) is 20.7. The van der Waals surface area contributed by atoms with Crippen LogP contribution < -0.4 is 15.2 Å². The largest absolute Gasteiger partial charge is 0.497 e. The average Bonchev–Trinajstić information content (AvgIpc) is 3.31. The summed E-state index contributed by atoms with van der Waals surface area (Å²) in [5.74, 6) is 1.97. The minimum atomic E-state index is -0.584. The van der Waals surface area contributed by atoms with E-state index in [0.29, 0.717) is 26.1 Å². The molecular weight excluding hydrogens is 434 g/mol. The van der Waals surface area contributed by atoms with Crippen LogP contribution in [0.15, 0.2) is 18.2 Å². The van der Waals surface area contributed by atoms with Crippen LogP contribution in [0, 0.1) is 11.8 Å². The molecule has 0 radical (unpaired) electrons. The molecule has 0 spiro atoms. The SMILES string of the molecule is COc1ccc2c(c1)OC(C)(C)[C@@H]1C[C@H]3CN(C(=O)[C@@H]4CCCN4C(=O)C(C)N)CC[C@H]3O[C@@H]21. The summed E-state index contributed by atoms with van der Waals surface area (Å²) in [5.41, 5.74) is 6.52. The fraction of sp³-hybridized carbons (Fsp3) is 0.692. The van der Waals surface area contributed by atoms with Crippen molar-refractivity contribution in [2.45, 2.75) is 76.3 Å². The van der Waals surface area contributed by atoms with Crippen LogP contribution in [-0.2, 0) is 14.3 Å². The van der Waals surface area contributed by atoms with Crippen molar-refractivity contribution in [1.82, 2.24) is 9.80 Å². The maximum Gasteiger partial charge on any atom is 0.245 e. The molecule has 0 aromatic heterocycles.